The van der Waals surface area contributed by atoms with Crippen molar-refractivity contribution in [2.24, 2.45) is 40.4 Å². The summed E-state index contributed by atoms with van der Waals surface area (Å²) in [5.74, 6) is 1.52. The van der Waals surface area contributed by atoms with Crippen molar-refractivity contribution in [3.8, 4) is 0 Å². The third kappa shape index (κ3) is 4.31. The number of aliphatic hydroxyl groups excluding tert-OH is 1. The summed E-state index contributed by atoms with van der Waals surface area (Å²) >= 11 is 0. The summed E-state index contributed by atoms with van der Waals surface area (Å²) in [6, 6.07) is -0.0502. The van der Waals surface area contributed by atoms with Crippen molar-refractivity contribution in [3.63, 3.8) is 0 Å². The largest absolute Gasteiger partial charge is 0.481 e. The number of aliphatic hydroxyl groups is 1. The summed E-state index contributed by atoms with van der Waals surface area (Å²) in [7, 11) is -3.31. The fraction of sp³-hybridized carbons (Fsp3) is 0.958. The SMILES string of the molecule is C[C@]12CC[C@@H](O)CC1C[C@H](NS(C)(=O)=O)C1C2CC[C@@]2(C)C1CC[C@@H]2CCCC(=O)O. The highest BCUT2D eigenvalue weighted by Crippen LogP contribution is 2.68. The number of rotatable bonds is 6. The molecule has 4 fully saturated rings. The Hall–Kier alpha value is -0.660. The number of fused-ring (bicyclic) bond motifs is 5. The van der Waals surface area contributed by atoms with Crippen LogP contribution in [-0.2, 0) is 14.8 Å². The van der Waals surface area contributed by atoms with Gasteiger partial charge >= 0.3 is 5.97 Å². The van der Waals surface area contributed by atoms with E-state index in [2.05, 4.69) is 18.6 Å². The number of aliphatic carboxylic acids is 1. The first-order valence-electron chi connectivity index (χ1n) is 12.3. The molecule has 0 saturated heterocycles. The van der Waals surface area contributed by atoms with Gasteiger partial charge in [0.25, 0.3) is 0 Å². The Morgan fingerprint density at radius 2 is 1.71 bits per heavy atom. The van der Waals surface area contributed by atoms with Crippen LogP contribution < -0.4 is 4.72 Å². The Bertz CT molecular complexity index is 800. The van der Waals surface area contributed by atoms with E-state index in [1.807, 2.05) is 0 Å². The Balaban J connectivity index is 1.62. The highest BCUT2D eigenvalue weighted by molar-refractivity contribution is 7.88. The lowest BCUT2D eigenvalue weighted by molar-refractivity contribution is -0.138. The zero-order valence-corrected chi connectivity index (χ0v) is 20.2. The molecule has 9 atom stereocenters. The summed E-state index contributed by atoms with van der Waals surface area (Å²) in [5, 5.41) is 19.4. The van der Waals surface area contributed by atoms with Gasteiger partial charge in [-0.15, -0.1) is 0 Å². The molecule has 4 unspecified atom stereocenters. The summed E-state index contributed by atoms with van der Waals surface area (Å²) in [6.45, 7) is 4.82. The molecule has 0 aromatic rings. The van der Waals surface area contributed by atoms with Crippen LogP contribution in [0, 0.1) is 40.4 Å². The van der Waals surface area contributed by atoms with Gasteiger partial charge in [-0.25, -0.2) is 13.1 Å². The molecule has 0 aliphatic heterocycles. The molecule has 0 bridgehead atoms. The number of nitrogens with one attached hydrogen (secondary N) is 1. The van der Waals surface area contributed by atoms with Gasteiger partial charge in [-0.05, 0) is 105 Å². The number of carboxylic acids is 1. The Kier molecular flexibility index (Phi) is 6.28. The van der Waals surface area contributed by atoms with E-state index in [9.17, 15) is 18.3 Å². The average Bonchev–Trinajstić information content (AvgIpc) is 2.98. The van der Waals surface area contributed by atoms with Gasteiger partial charge in [0.15, 0.2) is 0 Å². The molecule has 4 aliphatic carbocycles. The molecule has 4 aliphatic rings. The molecular formula is C24H41NO5S. The summed E-state index contributed by atoms with van der Waals surface area (Å²) in [5.41, 5.74) is 0.358. The van der Waals surface area contributed by atoms with Crippen LogP contribution in [0.25, 0.3) is 0 Å². The number of carbonyl (C=O) groups is 1. The lowest BCUT2D eigenvalue weighted by Crippen LogP contribution is -2.62. The second-order valence-electron chi connectivity index (χ2n) is 11.8. The molecule has 0 spiro atoms. The van der Waals surface area contributed by atoms with E-state index in [0.29, 0.717) is 29.6 Å². The van der Waals surface area contributed by atoms with Gasteiger partial charge in [0, 0.05) is 12.5 Å². The zero-order chi connectivity index (χ0) is 22.6. The minimum atomic E-state index is -3.31. The monoisotopic (exact) mass is 455 g/mol. The third-order valence-corrected chi connectivity index (χ3v) is 10.9. The smallest absolute Gasteiger partial charge is 0.303 e. The second kappa shape index (κ2) is 8.28. The normalized spacial score (nSPS) is 47.3. The fourth-order valence-corrected chi connectivity index (χ4v) is 9.53. The molecule has 178 valence electrons. The Morgan fingerprint density at radius 1 is 1.03 bits per heavy atom. The molecule has 0 amide bonds. The molecule has 4 rings (SSSR count). The second-order valence-corrected chi connectivity index (χ2v) is 13.5. The Labute approximate surface area is 187 Å². The van der Waals surface area contributed by atoms with E-state index in [1.54, 1.807) is 0 Å². The van der Waals surface area contributed by atoms with Crippen LogP contribution in [0.3, 0.4) is 0 Å². The highest BCUT2D eigenvalue weighted by Gasteiger charge is 2.62. The molecule has 0 aromatic heterocycles. The van der Waals surface area contributed by atoms with E-state index < -0.39 is 16.0 Å². The first-order chi connectivity index (χ1) is 14.4. The standard InChI is InChI=1S/C24H41NO5S/c1-23-12-10-19-22(18(23)8-7-15(23)5-4-6-21(27)28)20(25-31(3,29)30)14-16-13-17(26)9-11-24(16,19)2/h15-20,22,25-26H,4-14H2,1-3H3,(H,27,28)/t15-,16?,17+,18?,19?,20-,22?,23+,24-/m0/s1. The molecule has 0 radical (unpaired) electrons. The topological polar surface area (TPSA) is 104 Å². The van der Waals surface area contributed by atoms with Crippen molar-refractivity contribution in [3.05, 3.63) is 0 Å². The van der Waals surface area contributed by atoms with Gasteiger partial charge in [-0.1, -0.05) is 13.8 Å². The lowest BCUT2D eigenvalue weighted by atomic mass is 9.43. The van der Waals surface area contributed by atoms with Crippen molar-refractivity contribution in [2.75, 3.05) is 6.26 Å². The lowest BCUT2D eigenvalue weighted by Gasteiger charge is -2.63. The maximum absolute atomic E-state index is 12.3. The molecule has 0 aromatic carbocycles. The van der Waals surface area contributed by atoms with E-state index in [0.717, 1.165) is 64.2 Å². The van der Waals surface area contributed by atoms with Crippen LogP contribution >= 0.6 is 0 Å². The number of sulfonamides is 1. The van der Waals surface area contributed by atoms with Crippen molar-refractivity contribution < 1.29 is 23.4 Å². The van der Waals surface area contributed by atoms with Crippen LogP contribution in [0.1, 0.15) is 84.5 Å². The minimum Gasteiger partial charge on any atom is -0.481 e. The average molecular weight is 456 g/mol. The summed E-state index contributed by atoms with van der Waals surface area (Å²) in [4.78, 5) is 11.0. The van der Waals surface area contributed by atoms with Crippen LogP contribution in [0.2, 0.25) is 0 Å². The van der Waals surface area contributed by atoms with E-state index >= 15 is 0 Å². The van der Waals surface area contributed by atoms with Crippen molar-refractivity contribution in [1.82, 2.24) is 4.72 Å². The van der Waals surface area contributed by atoms with Gasteiger partial charge < -0.3 is 10.2 Å². The number of carboxylic acid groups (broad SMARTS) is 1. The maximum Gasteiger partial charge on any atom is 0.303 e. The van der Waals surface area contributed by atoms with E-state index in [1.165, 1.54) is 6.26 Å². The quantitative estimate of drug-likeness (QED) is 0.565. The predicted molar refractivity (Wildman–Crippen MR) is 120 cm³/mol. The fourth-order valence-electron chi connectivity index (χ4n) is 8.72. The van der Waals surface area contributed by atoms with Crippen LogP contribution in [0.15, 0.2) is 0 Å². The van der Waals surface area contributed by atoms with Gasteiger partial charge in [0.2, 0.25) is 10.0 Å². The molecule has 7 heteroatoms. The van der Waals surface area contributed by atoms with E-state index in [4.69, 9.17) is 5.11 Å². The van der Waals surface area contributed by atoms with Gasteiger partial charge in [-0.3, -0.25) is 4.79 Å². The third-order valence-electron chi connectivity index (χ3n) is 10.2. The van der Waals surface area contributed by atoms with Gasteiger partial charge in [0.05, 0.1) is 12.4 Å². The van der Waals surface area contributed by atoms with Crippen LogP contribution in [-0.4, -0.2) is 43.0 Å². The van der Waals surface area contributed by atoms with Gasteiger partial charge in [-0.2, -0.15) is 0 Å². The molecular weight excluding hydrogens is 414 g/mol. The summed E-state index contributed by atoms with van der Waals surface area (Å²) in [6.07, 6.45) is 11.0. The number of hydrogen-bond acceptors (Lipinski definition) is 4. The van der Waals surface area contributed by atoms with Crippen LogP contribution in [0.4, 0.5) is 0 Å². The number of hydrogen-bond donors (Lipinski definition) is 3. The minimum absolute atomic E-state index is 0.0502. The molecule has 31 heavy (non-hydrogen) atoms. The molecule has 3 N–H and O–H groups in total. The molecule has 6 nitrogen and oxygen atoms in total. The van der Waals surface area contributed by atoms with E-state index in [-0.39, 0.29) is 29.4 Å². The van der Waals surface area contributed by atoms with Crippen molar-refractivity contribution in [1.29, 1.82) is 0 Å². The predicted octanol–water partition coefficient (Wildman–Crippen LogP) is 3.79. The first kappa shape index (κ1) is 23.5. The highest BCUT2D eigenvalue weighted by atomic mass is 32.2. The van der Waals surface area contributed by atoms with Crippen molar-refractivity contribution >= 4 is 16.0 Å². The van der Waals surface area contributed by atoms with Gasteiger partial charge in [0.1, 0.15) is 0 Å². The summed E-state index contributed by atoms with van der Waals surface area (Å²) < 4.78 is 27.6. The molecule has 4 saturated carbocycles. The Morgan fingerprint density at radius 3 is 2.39 bits per heavy atom. The van der Waals surface area contributed by atoms with Crippen molar-refractivity contribution in [2.45, 2.75) is 96.6 Å². The molecule has 0 heterocycles. The zero-order valence-electron chi connectivity index (χ0n) is 19.3. The van der Waals surface area contributed by atoms with Crippen LogP contribution in [0.5, 0.6) is 0 Å². The maximum atomic E-state index is 12.3. The first-order valence-corrected chi connectivity index (χ1v) is 14.2.